The van der Waals surface area contributed by atoms with Gasteiger partial charge in [-0.25, -0.2) is 5.43 Å². The van der Waals surface area contributed by atoms with Gasteiger partial charge in [-0.2, -0.15) is 5.10 Å². The van der Waals surface area contributed by atoms with Gasteiger partial charge in [-0.3, -0.25) is 4.79 Å². The van der Waals surface area contributed by atoms with Crippen LogP contribution >= 0.6 is 23.2 Å². The van der Waals surface area contributed by atoms with Crippen LogP contribution in [0.3, 0.4) is 0 Å². The number of halogens is 2. The van der Waals surface area contributed by atoms with Crippen LogP contribution in [0.4, 0.5) is 0 Å². The monoisotopic (exact) mass is 412 g/mol. The Morgan fingerprint density at radius 2 is 1.75 bits per heavy atom. The minimum atomic E-state index is -0.313. The molecule has 0 heterocycles. The third-order valence-corrected chi connectivity index (χ3v) is 4.54. The minimum absolute atomic E-state index is 0.313. The van der Waals surface area contributed by atoms with E-state index < -0.39 is 0 Å². The Bertz CT molecular complexity index is 984. The summed E-state index contributed by atoms with van der Waals surface area (Å²) in [7, 11) is 0. The van der Waals surface area contributed by atoms with Gasteiger partial charge in [0.1, 0.15) is 12.4 Å². The molecule has 6 heteroatoms. The van der Waals surface area contributed by atoms with Crippen LogP contribution in [0.2, 0.25) is 10.0 Å². The van der Waals surface area contributed by atoms with Crippen molar-refractivity contribution in [3.63, 3.8) is 0 Å². The number of benzene rings is 3. The number of carbonyl (C=O) groups is 1. The van der Waals surface area contributed by atoms with E-state index in [0.29, 0.717) is 27.8 Å². The maximum absolute atomic E-state index is 12.2. The van der Waals surface area contributed by atoms with Crippen LogP contribution in [0.15, 0.2) is 71.8 Å². The van der Waals surface area contributed by atoms with Crippen molar-refractivity contribution >= 4 is 35.3 Å². The second-order valence-electron chi connectivity index (χ2n) is 6.16. The number of hydrogen-bond donors (Lipinski definition) is 1. The highest BCUT2D eigenvalue weighted by Crippen LogP contribution is 2.19. The zero-order valence-corrected chi connectivity index (χ0v) is 16.7. The van der Waals surface area contributed by atoms with Gasteiger partial charge in [0.25, 0.3) is 5.91 Å². The van der Waals surface area contributed by atoms with Crippen molar-refractivity contribution in [1.29, 1.82) is 0 Å². The van der Waals surface area contributed by atoms with Gasteiger partial charge in [0, 0.05) is 16.1 Å². The summed E-state index contributed by atoms with van der Waals surface area (Å²) in [5.74, 6) is 0.495. The quantitative estimate of drug-likeness (QED) is 0.420. The molecule has 4 nitrogen and oxygen atoms in total. The SMILES string of the molecule is Cc1ccc(OCc2ccc(C(=O)N/N=C/c3ccc(Cl)cc3Cl)cc2)cc1. The first-order valence-corrected chi connectivity index (χ1v) is 9.34. The first-order chi connectivity index (χ1) is 13.5. The Morgan fingerprint density at radius 3 is 2.43 bits per heavy atom. The van der Waals surface area contributed by atoms with Crippen LogP contribution in [-0.2, 0) is 6.61 Å². The Kier molecular flexibility index (Phi) is 6.69. The Morgan fingerprint density at radius 1 is 1.04 bits per heavy atom. The maximum atomic E-state index is 12.2. The van der Waals surface area contributed by atoms with E-state index >= 15 is 0 Å². The van der Waals surface area contributed by atoms with E-state index in [4.69, 9.17) is 27.9 Å². The molecule has 0 bridgehead atoms. The van der Waals surface area contributed by atoms with Crippen LogP contribution < -0.4 is 10.2 Å². The van der Waals surface area contributed by atoms with E-state index in [1.165, 1.54) is 11.8 Å². The highest BCUT2D eigenvalue weighted by atomic mass is 35.5. The molecule has 142 valence electrons. The second kappa shape index (κ2) is 9.40. The topological polar surface area (TPSA) is 50.7 Å². The molecule has 0 unspecified atom stereocenters. The predicted octanol–water partition coefficient (Wildman–Crippen LogP) is 5.64. The van der Waals surface area contributed by atoms with Crippen molar-refractivity contribution in [1.82, 2.24) is 5.43 Å². The van der Waals surface area contributed by atoms with Gasteiger partial charge in [0.2, 0.25) is 0 Å². The Hall–Kier alpha value is -2.82. The molecular weight excluding hydrogens is 395 g/mol. The molecule has 0 fully saturated rings. The van der Waals surface area contributed by atoms with Gasteiger partial charge in [-0.05, 0) is 48.9 Å². The fourth-order valence-electron chi connectivity index (χ4n) is 2.38. The number of hydrazone groups is 1. The molecule has 0 saturated heterocycles. The van der Waals surface area contributed by atoms with Crippen molar-refractivity contribution in [3.05, 3.63) is 99.0 Å². The molecule has 0 aliphatic heterocycles. The Balaban J connectivity index is 1.54. The normalized spacial score (nSPS) is 10.8. The lowest BCUT2D eigenvalue weighted by Gasteiger charge is -2.07. The average Bonchev–Trinajstić information content (AvgIpc) is 2.69. The minimum Gasteiger partial charge on any atom is -0.489 e. The molecule has 0 aromatic heterocycles. The summed E-state index contributed by atoms with van der Waals surface area (Å²) in [6.45, 7) is 2.46. The summed E-state index contributed by atoms with van der Waals surface area (Å²) in [6.07, 6.45) is 1.47. The highest BCUT2D eigenvalue weighted by Gasteiger charge is 2.05. The van der Waals surface area contributed by atoms with Crippen LogP contribution in [0.25, 0.3) is 0 Å². The van der Waals surface area contributed by atoms with Gasteiger partial charge in [-0.15, -0.1) is 0 Å². The molecule has 0 radical (unpaired) electrons. The molecule has 3 aromatic rings. The molecule has 0 aliphatic rings. The van der Waals surface area contributed by atoms with E-state index in [9.17, 15) is 4.79 Å². The number of amides is 1. The number of nitrogens with one attached hydrogen (secondary N) is 1. The molecule has 0 atom stereocenters. The maximum Gasteiger partial charge on any atom is 0.271 e. The summed E-state index contributed by atoms with van der Waals surface area (Å²) < 4.78 is 5.73. The van der Waals surface area contributed by atoms with E-state index in [2.05, 4.69) is 10.5 Å². The number of hydrogen-bond acceptors (Lipinski definition) is 3. The number of rotatable bonds is 6. The molecule has 0 aliphatic carbocycles. The lowest BCUT2D eigenvalue weighted by molar-refractivity contribution is 0.0955. The third-order valence-electron chi connectivity index (χ3n) is 3.97. The van der Waals surface area contributed by atoms with E-state index in [0.717, 1.165) is 11.3 Å². The summed E-state index contributed by atoms with van der Waals surface area (Å²) >= 11 is 11.9. The molecule has 1 N–H and O–H groups in total. The third kappa shape index (κ3) is 5.59. The van der Waals surface area contributed by atoms with Crippen molar-refractivity contribution in [3.8, 4) is 5.75 Å². The summed E-state index contributed by atoms with van der Waals surface area (Å²) in [4.78, 5) is 12.2. The summed E-state index contributed by atoms with van der Waals surface area (Å²) in [6, 6.07) is 20.1. The van der Waals surface area contributed by atoms with Crippen LogP contribution in [0, 0.1) is 6.92 Å². The molecule has 28 heavy (non-hydrogen) atoms. The lowest BCUT2D eigenvalue weighted by atomic mass is 10.1. The summed E-state index contributed by atoms with van der Waals surface area (Å²) in [5.41, 5.74) is 5.79. The Labute approximate surface area is 173 Å². The van der Waals surface area contributed by atoms with E-state index in [1.54, 1.807) is 30.3 Å². The fraction of sp³-hybridized carbons (Fsp3) is 0.0909. The number of aryl methyl sites for hydroxylation is 1. The molecule has 1 amide bonds. The van der Waals surface area contributed by atoms with Gasteiger partial charge in [0.05, 0.1) is 11.2 Å². The second-order valence-corrected chi connectivity index (χ2v) is 7.01. The first kappa shape index (κ1) is 19.9. The van der Waals surface area contributed by atoms with Gasteiger partial charge >= 0.3 is 0 Å². The van der Waals surface area contributed by atoms with Gasteiger partial charge < -0.3 is 4.74 Å². The molecule has 0 spiro atoms. The number of ether oxygens (including phenoxy) is 1. The van der Waals surface area contributed by atoms with Crippen molar-refractivity contribution in [2.24, 2.45) is 5.10 Å². The zero-order chi connectivity index (χ0) is 19.9. The number of nitrogens with zero attached hydrogens (tertiary/aromatic N) is 1. The van der Waals surface area contributed by atoms with Crippen molar-refractivity contribution < 1.29 is 9.53 Å². The molecule has 3 rings (SSSR count). The number of carbonyl (C=O) groups excluding carboxylic acids is 1. The average molecular weight is 413 g/mol. The lowest BCUT2D eigenvalue weighted by Crippen LogP contribution is -2.17. The van der Waals surface area contributed by atoms with Crippen molar-refractivity contribution in [2.45, 2.75) is 13.5 Å². The van der Waals surface area contributed by atoms with Gasteiger partial charge in [0.15, 0.2) is 0 Å². The van der Waals surface area contributed by atoms with Crippen LogP contribution in [0.5, 0.6) is 5.75 Å². The smallest absolute Gasteiger partial charge is 0.271 e. The van der Waals surface area contributed by atoms with Crippen LogP contribution in [-0.4, -0.2) is 12.1 Å². The highest BCUT2D eigenvalue weighted by molar-refractivity contribution is 6.36. The summed E-state index contributed by atoms with van der Waals surface area (Å²) in [5, 5.41) is 4.94. The standard InChI is InChI=1S/C22H18Cl2N2O2/c1-15-2-10-20(11-3-15)28-14-16-4-6-17(7-5-16)22(27)26-25-13-18-8-9-19(23)12-21(18)24/h2-13H,14H2,1H3,(H,26,27)/b25-13+. The van der Waals surface area contributed by atoms with E-state index in [-0.39, 0.29) is 5.91 Å². The molecular formula is C22H18Cl2N2O2. The zero-order valence-electron chi connectivity index (χ0n) is 15.2. The molecule has 3 aromatic carbocycles. The largest absolute Gasteiger partial charge is 0.489 e. The first-order valence-electron chi connectivity index (χ1n) is 8.58. The van der Waals surface area contributed by atoms with Crippen LogP contribution in [0.1, 0.15) is 27.0 Å². The predicted molar refractivity (Wildman–Crippen MR) is 113 cm³/mol. The van der Waals surface area contributed by atoms with Gasteiger partial charge in [-0.1, -0.05) is 59.1 Å². The van der Waals surface area contributed by atoms with Crippen molar-refractivity contribution in [2.75, 3.05) is 0 Å². The fourth-order valence-corrected chi connectivity index (χ4v) is 2.84. The molecule has 0 saturated carbocycles. The van der Waals surface area contributed by atoms with E-state index in [1.807, 2.05) is 43.3 Å².